The van der Waals surface area contributed by atoms with Crippen LogP contribution in [0.1, 0.15) is 15.9 Å². The van der Waals surface area contributed by atoms with Gasteiger partial charge in [-0.05, 0) is 36.1 Å². The summed E-state index contributed by atoms with van der Waals surface area (Å²) in [5.74, 6) is -1.99. The first-order valence-electron chi connectivity index (χ1n) is 7.77. The van der Waals surface area contributed by atoms with E-state index in [1.807, 2.05) is 0 Å². The van der Waals surface area contributed by atoms with E-state index in [2.05, 4.69) is 10.2 Å². The molecule has 0 aliphatic carbocycles. The zero-order valence-corrected chi connectivity index (χ0v) is 21.0. The van der Waals surface area contributed by atoms with Crippen molar-refractivity contribution in [2.24, 2.45) is 10.2 Å². The first-order valence-corrected chi connectivity index (χ1v) is 9.58. The van der Waals surface area contributed by atoms with Crippen molar-refractivity contribution >= 4 is 98.7 Å². The average Bonchev–Trinajstić information content (AvgIpc) is 2.61. The smallest absolute Gasteiger partial charge is 0.339 e. The Morgan fingerprint density at radius 1 is 1.10 bits per heavy atom. The fraction of sp³-hybridized carbons (Fsp3) is 0.0556. The molecule has 0 saturated heterocycles. The third-order valence-corrected chi connectivity index (χ3v) is 5.29. The zero-order chi connectivity index (χ0) is 20.6. The fourth-order valence-electron chi connectivity index (χ4n) is 2.61. The molecule has 29 heavy (non-hydrogen) atoms. The van der Waals surface area contributed by atoms with Gasteiger partial charge in [0.25, 0.3) is 10.1 Å². The van der Waals surface area contributed by atoms with Gasteiger partial charge >= 0.3 is 5.97 Å². The monoisotopic (exact) mass is 558 g/mol. The number of aromatic hydroxyl groups is 1. The third kappa shape index (κ3) is 5.01. The van der Waals surface area contributed by atoms with E-state index in [1.165, 1.54) is 12.1 Å². The molecule has 0 heterocycles. The van der Waals surface area contributed by atoms with Crippen LogP contribution in [0.25, 0.3) is 10.8 Å². The van der Waals surface area contributed by atoms with Crippen molar-refractivity contribution in [1.29, 1.82) is 0 Å². The molecule has 3 aromatic rings. The maximum absolute atomic E-state index is 11.6. The quantitative estimate of drug-likeness (QED) is 0.245. The normalized spacial score (nSPS) is 11.6. The SMILES string of the molecule is Cc1cc(S(=O)(=O)O)c(N=Nc2c(O)c(C(=O)O)cc3ccccc23)cc1Cl.[Ba]. The second-order valence-electron chi connectivity index (χ2n) is 5.89. The van der Waals surface area contributed by atoms with Gasteiger partial charge in [-0.15, -0.1) is 10.2 Å². The van der Waals surface area contributed by atoms with E-state index in [-0.39, 0.29) is 70.8 Å². The van der Waals surface area contributed by atoms with Crippen LogP contribution in [0.5, 0.6) is 5.75 Å². The first kappa shape index (κ1) is 23.8. The van der Waals surface area contributed by atoms with Crippen LogP contribution in [-0.2, 0) is 10.1 Å². The summed E-state index contributed by atoms with van der Waals surface area (Å²) in [4.78, 5) is 10.9. The Kier molecular flexibility index (Phi) is 7.52. The van der Waals surface area contributed by atoms with Gasteiger partial charge in [-0.2, -0.15) is 8.42 Å². The summed E-state index contributed by atoms with van der Waals surface area (Å²) in [6.07, 6.45) is 0. The Bertz CT molecular complexity index is 1260. The number of rotatable bonds is 4. The van der Waals surface area contributed by atoms with E-state index >= 15 is 0 Å². The Labute approximate surface area is 211 Å². The van der Waals surface area contributed by atoms with Crippen LogP contribution in [0, 0.1) is 6.92 Å². The maximum Gasteiger partial charge on any atom is 0.339 e. The Morgan fingerprint density at radius 3 is 2.38 bits per heavy atom. The van der Waals surface area contributed by atoms with Gasteiger partial charge in [0, 0.05) is 59.3 Å². The van der Waals surface area contributed by atoms with Gasteiger partial charge in [0.1, 0.15) is 21.8 Å². The summed E-state index contributed by atoms with van der Waals surface area (Å²) in [7, 11) is -4.62. The van der Waals surface area contributed by atoms with Gasteiger partial charge in [-0.1, -0.05) is 35.9 Å². The fourth-order valence-corrected chi connectivity index (χ4v) is 3.46. The first-order chi connectivity index (χ1) is 13.1. The van der Waals surface area contributed by atoms with Crippen LogP contribution in [0.2, 0.25) is 5.02 Å². The van der Waals surface area contributed by atoms with Gasteiger partial charge < -0.3 is 10.2 Å². The van der Waals surface area contributed by atoms with Gasteiger partial charge in [-0.25, -0.2) is 4.79 Å². The molecule has 0 atom stereocenters. The van der Waals surface area contributed by atoms with Crippen LogP contribution in [-0.4, -0.2) is 78.0 Å². The number of benzene rings is 3. The number of halogens is 1. The van der Waals surface area contributed by atoms with E-state index in [4.69, 9.17) is 11.6 Å². The Hall–Kier alpha value is -1.44. The summed E-state index contributed by atoms with van der Waals surface area (Å²) >= 11 is 6.01. The molecule has 0 bridgehead atoms. The number of azo groups is 1. The number of nitrogens with zero attached hydrogens (tertiary/aromatic N) is 2. The standard InChI is InChI=1S/C18H13ClN2O6S.Ba/c1-9-6-15(28(25,26)27)14(8-13(9)19)20-21-16-11-5-3-2-4-10(11)7-12(17(16)22)18(23)24;/h2-8,22H,1H3,(H,23,24)(H,25,26,27);. The second kappa shape index (κ2) is 9.15. The Balaban J connectivity index is 0.00000300. The molecule has 146 valence electrons. The molecule has 3 N–H and O–H groups in total. The summed E-state index contributed by atoms with van der Waals surface area (Å²) in [5.41, 5.74) is -0.408. The molecule has 0 amide bonds. The molecule has 11 heteroatoms. The van der Waals surface area contributed by atoms with Crippen molar-refractivity contribution in [3.05, 3.63) is 58.6 Å². The maximum atomic E-state index is 11.6. The van der Waals surface area contributed by atoms with E-state index < -0.39 is 26.7 Å². The second-order valence-corrected chi connectivity index (χ2v) is 7.69. The molecule has 0 spiro atoms. The molecule has 0 aromatic heterocycles. The van der Waals surface area contributed by atoms with Crippen molar-refractivity contribution in [3.8, 4) is 5.75 Å². The van der Waals surface area contributed by atoms with Gasteiger partial charge in [0.15, 0.2) is 5.75 Å². The van der Waals surface area contributed by atoms with Crippen LogP contribution >= 0.6 is 11.6 Å². The van der Waals surface area contributed by atoms with E-state index in [0.717, 1.165) is 6.07 Å². The van der Waals surface area contributed by atoms with Crippen molar-refractivity contribution < 1.29 is 28.0 Å². The molecule has 0 fully saturated rings. The van der Waals surface area contributed by atoms with Crippen molar-refractivity contribution in [3.63, 3.8) is 0 Å². The molecular formula is C18H13BaClN2O6S. The number of carbonyl (C=O) groups is 1. The third-order valence-electron chi connectivity index (χ3n) is 4.00. The molecule has 3 rings (SSSR count). The number of aryl methyl sites for hydroxylation is 1. The number of carboxylic acid groups (broad SMARTS) is 1. The number of hydrogen-bond acceptors (Lipinski definition) is 6. The summed E-state index contributed by atoms with van der Waals surface area (Å²) in [6, 6.07) is 10.2. The minimum absolute atomic E-state index is 0. The van der Waals surface area contributed by atoms with Crippen molar-refractivity contribution in [1.82, 2.24) is 0 Å². The summed E-state index contributed by atoms with van der Waals surface area (Å²) < 4.78 is 32.7. The average molecular weight is 558 g/mol. The molecule has 0 saturated carbocycles. The minimum atomic E-state index is -4.62. The summed E-state index contributed by atoms with van der Waals surface area (Å²) in [6.45, 7) is 1.55. The van der Waals surface area contributed by atoms with Gasteiger partial charge in [0.2, 0.25) is 0 Å². The summed E-state index contributed by atoms with van der Waals surface area (Å²) in [5, 5.41) is 28.4. The predicted octanol–water partition coefficient (Wildman–Crippen LogP) is 4.49. The largest absolute Gasteiger partial charge is 0.505 e. The van der Waals surface area contributed by atoms with Crippen LogP contribution in [0.4, 0.5) is 11.4 Å². The number of carboxylic acids is 1. The predicted molar refractivity (Wildman–Crippen MR) is 109 cm³/mol. The van der Waals surface area contributed by atoms with E-state index in [9.17, 15) is 28.0 Å². The molecule has 0 aliphatic rings. The van der Waals surface area contributed by atoms with E-state index in [0.29, 0.717) is 16.3 Å². The Morgan fingerprint density at radius 2 is 1.76 bits per heavy atom. The van der Waals surface area contributed by atoms with Crippen LogP contribution in [0.15, 0.2) is 57.6 Å². The molecule has 0 unspecified atom stereocenters. The number of hydrogen-bond donors (Lipinski definition) is 3. The number of phenols is 1. The zero-order valence-electron chi connectivity index (χ0n) is 15.0. The van der Waals surface area contributed by atoms with Crippen LogP contribution < -0.4 is 0 Å². The molecule has 3 aromatic carbocycles. The topological polar surface area (TPSA) is 137 Å². The van der Waals surface area contributed by atoms with Crippen molar-refractivity contribution in [2.45, 2.75) is 11.8 Å². The molecular weight excluding hydrogens is 545 g/mol. The molecule has 2 radical (unpaired) electrons. The molecule has 8 nitrogen and oxygen atoms in total. The van der Waals surface area contributed by atoms with Crippen LogP contribution in [0.3, 0.4) is 0 Å². The van der Waals surface area contributed by atoms with Gasteiger partial charge in [-0.3, -0.25) is 4.55 Å². The van der Waals surface area contributed by atoms with Crippen molar-refractivity contribution in [2.75, 3.05) is 0 Å². The number of fused-ring (bicyclic) bond motifs is 1. The van der Waals surface area contributed by atoms with E-state index in [1.54, 1.807) is 31.2 Å². The molecule has 0 aliphatic heterocycles. The minimum Gasteiger partial charge on any atom is -0.505 e. The van der Waals surface area contributed by atoms with Gasteiger partial charge in [0.05, 0.1) is 0 Å². The number of aromatic carboxylic acids is 1.